The molecule has 0 aromatic heterocycles. The fraction of sp³-hybridized carbons (Fsp3) is 0.562. The maximum absolute atomic E-state index is 11.4. The third-order valence-electron chi connectivity index (χ3n) is 3.47. The van der Waals surface area contributed by atoms with Crippen molar-refractivity contribution >= 4 is 5.91 Å². The lowest BCUT2D eigenvalue weighted by atomic mass is 10.1. The van der Waals surface area contributed by atoms with Gasteiger partial charge in [0.1, 0.15) is 0 Å². The van der Waals surface area contributed by atoms with E-state index < -0.39 is 12.0 Å². The summed E-state index contributed by atoms with van der Waals surface area (Å²) in [5, 5.41) is 3.45. The Bertz CT molecular complexity index is 486. The molecule has 1 aromatic carbocycles. The van der Waals surface area contributed by atoms with E-state index in [4.69, 9.17) is 15.2 Å². The minimum absolute atomic E-state index is 0.454. The molecule has 1 aliphatic rings. The number of rotatable bonds is 9. The maximum Gasteiger partial charge on any atom is 0.258 e. The molecule has 0 radical (unpaired) electrons. The van der Waals surface area contributed by atoms with E-state index in [-0.39, 0.29) is 0 Å². The van der Waals surface area contributed by atoms with E-state index in [0.717, 1.165) is 5.56 Å². The number of hydrogen-bond donors (Lipinski definition) is 2. The molecule has 1 fully saturated rings. The van der Waals surface area contributed by atoms with Crippen LogP contribution in [0.15, 0.2) is 18.2 Å². The molecule has 1 unspecified atom stereocenters. The highest BCUT2D eigenvalue weighted by molar-refractivity contribution is 5.79. The summed E-state index contributed by atoms with van der Waals surface area (Å²) in [6.07, 6.45) is 2.34. The molecule has 0 aliphatic heterocycles. The molecule has 5 heteroatoms. The molecule has 1 amide bonds. The van der Waals surface area contributed by atoms with Crippen molar-refractivity contribution < 1.29 is 14.3 Å². The molecule has 3 N–H and O–H groups in total. The van der Waals surface area contributed by atoms with Gasteiger partial charge in [0.2, 0.25) is 0 Å². The average Bonchev–Trinajstić information content (AvgIpc) is 3.28. The molecular formula is C16H24N2O3. The summed E-state index contributed by atoms with van der Waals surface area (Å²) >= 11 is 0. The third-order valence-corrected chi connectivity index (χ3v) is 3.47. The SMILES string of the molecule is CCOc1cccc(CNC2CC2)c1OC(CC)C(N)=O. The summed E-state index contributed by atoms with van der Waals surface area (Å²) in [6.45, 7) is 5.05. The molecular weight excluding hydrogens is 268 g/mol. The summed E-state index contributed by atoms with van der Waals surface area (Å²) in [6, 6.07) is 6.38. The zero-order chi connectivity index (χ0) is 15.2. The van der Waals surface area contributed by atoms with Crippen LogP contribution in [0.1, 0.15) is 38.7 Å². The topological polar surface area (TPSA) is 73.6 Å². The first-order valence-electron chi connectivity index (χ1n) is 7.59. The number of benzene rings is 1. The maximum atomic E-state index is 11.4. The number of ether oxygens (including phenoxy) is 2. The number of hydrogen-bond acceptors (Lipinski definition) is 4. The van der Waals surface area contributed by atoms with Crippen LogP contribution in [0, 0.1) is 0 Å². The van der Waals surface area contributed by atoms with Crippen LogP contribution in [0.2, 0.25) is 0 Å². The summed E-state index contributed by atoms with van der Waals surface area (Å²) in [4.78, 5) is 11.4. The second-order valence-electron chi connectivity index (χ2n) is 5.25. The molecule has 0 saturated heterocycles. The van der Waals surface area contributed by atoms with Gasteiger partial charge in [0.15, 0.2) is 17.6 Å². The average molecular weight is 292 g/mol. The van der Waals surface area contributed by atoms with Crippen LogP contribution < -0.4 is 20.5 Å². The number of amides is 1. The van der Waals surface area contributed by atoms with Crippen molar-refractivity contribution in [1.82, 2.24) is 5.32 Å². The van der Waals surface area contributed by atoms with Crippen LogP contribution in [0.25, 0.3) is 0 Å². The molecule has 0 heterocycles. The van der Waals surface area contributed by atoms with Crippen LogP contribution in [0.4, 0.5) is 0 Å². The molecule has 21 heavy (non-hydrogen) atoms. The predicted molar refractivity (Wildman–Crippen MR) is 81.4 cm³/mol. The highest BCUT2D eigenvalue weighted by Crippen LogP contribution is 2.33. The third kappa shape index (κ3) is 4.36. The Labute approximate surface area is 125 Å². The molecule has 1 aliphatic carbocycles. The second kappa shape index (κ2) is 7.31. The van der Waals surface area contributed by atoms with E-state index in [2.05, 4.69) is 5.32 Å². The Balaban J connectivity index is 2.20. The quantitative estimate of drug-likeness (QED) is 0.730. The first-order valence-corrected chi connectivity index (χ1v) is 7.59. The van der Waals surface area contributed by atoms with Crippen molar-refractivity contribution in [3.63, 3.8) is 0 Å². The lowest BCUT2D eigenvalue weighted by Gasteiger charge is -2.20. The Morgan fingerprint density at radius 3 is 2.76 bits per heavy atom. The molecule has 2 rings (SSSR count). The van der Waals surface area contributed by atoms with Gasteiger partial charge in [-0.05, 0) is 32.3 Å². The molecule has 1 saturated carbocycles. The van der Waals surface area contributed by atoms with Crippen molar-refractivity contribution in [1.29, 1.82) is 0 Å². The Morgan fingerprint density at radius 2 is 2.19 bits per heavy atom. The van der Waals surface area contributed by atoms with Gasteiger partial charge in [-0.3, -0.25) is 4.79 Å². The highest BCUT2D eigenvalue weighted by Gasteiger charge is 2.23. The fourth-order valence-electron chi connectivity index (χ4n) is 2.13. The highest BCUT2D eigenvalue weighted by atomic mass is 16.5. The molecule has 0 spiro atoms. The van der Waals surface area contributed by atoms with Gasteiger partial charge in [0.25, 0.3) is 5.91 Å². The van der Waals surface area contributed by atoms with Gasteiger partial charge in [-0.1, -0.05) is 19.1 Å². The zero-order valence-corrected chi connectivity index (χ0v) is 12.7. The summed E-state index contributed by atoms with van der Waals surface area (Å²) in [5.41, 5.74) is 6.37. The standard InChI is InChI=1S/C16H24N2O3/c1-3-13(16(17)19)21-15-11(10-18-12-8-9-12)6-5-7-14(15)20-4-2/h5-7,12-13,18H,3-4,8-10H2,1-2H3,(H2,17,19). The van der Waals surface area contributed by atoms with Crippen LogP contribution in [0.5, 0.6) is 11.5 Å². The molecule has 1 aromatic rings. The van der Waals surface area contributed by atoms with E-state index in [1.165, 1.54) is 12.8 Å². The van der Waals surface area contributed by atoms with E-state index in [1.807, 2.05) is 32.0 Å². The second-order valence-corrected chi connectivity index (χ2v) is 5.25. The first-order chi connectivity index (χ1) is 10.2. The molecule has 1 atom stereocenters. The lowest BCUT2D eigenvalue weighted by Crippen LogP contribution is -2.33. The van der Waals surface area contributed by atoms with Gasteiger partial charge in [0.05, 0.1) is 6.61 Å². The van der Waals surface area contributed by atoms with Crippen molar-refractivity contribution in [3.05, 3.63) is 23.8 Å². The minimum atomic E-state index is -0.633. The van der Waals surface area contributed by atoms with E-state index in [0.29, 0.717) is 37.1 Å². The lowest BCUT2D eigenvalue weighted by molar-refractivity contribution is -0.124. The predicted octanol–water partition coefficient (Wildman–Crippen LogP) is 1.98. The smallest absolute Gasteiger partial charge is 0.258 e. The van der Waals surface area contributed by atoms with Crippen molar-refractivity contribution in [2.45, 2.75) is 51.8 Å². The Hall–Kier alpha value is -1.75. The molecule has 0 bridgehead atoms. The zero-order valence-electron chi connectivity index (χ0n) is 12.7. The van der Waals surface area contributed by atoms with Crippen LogP contribution >= 0.6 is 0 Å². The molecule has 116 valence electrons. The number of nitrogens with one attached hydrogen (secondary N) is 1. The number of nitrogens with two attached hydrogens (primary N) is 1. The Morgan fingerprint density at radius 1 is 1.43 bits per heavy atom. The van der Waals surface area contributed by atoms with Gasteiger partial charge >= 0.3 is 0 Å². The van der Waals surface area contributed by atoms with Crippen molar-refractivity contribution in [2.75, 3.05) is 6.61 Å². The van der Waals surface area contributed by atoms with E-state index >= 15 is 0 Å². The minimum Gasteiger partial charge on any atom is -0.490 e. The number of para-hydroxylation sites is 1. The van der Waals surface area contributed by atoms with Crippen molar-refractivity contribution in [3.8, 4) is 11.5 Å². The van der Waals surface area contributed by atoms with Crippen LogP contribution in [-0.4, -0.2) is 24.7 Å². The van der Waals surface area contributed by atoms with Gasteiger partial charge in [-0.25, -0.2) is 0 Å². The summed E-state index contributed by atoms with van der Waals surface area (Å²) in [5.74, 6) is 0.829. The number of carbonyl (C=O) groups is 1. The van der Waals surface area contributed by atoms with Crippen LogP contribution in [0.3, 0.4) is 0 Å². The summed E-state index contributed by atoms with van der Waals surface area (Å²) in [7, 11) is 0. The van der Waals surface area contributed by atoms with Crippen LogP contribution in [-0.2, 0) is 11.3 Å². The van der Waals surface area contributed by atoms with Gasteiger partial charge in [0, 0.05) is 18.2 Å². The fourth-order valence-corrected chi connectivity index (χ4v) is 2.13. The number of primary amides is 1. The van der Waals surface area contributed by atoms with E-state index in [9.17, 15) is 4.79 Å². The molecule has 5 nitrogen and oxygen atoms in total. The van der Waals surface area contributed by atoms with Gasteiger partial charge in [-0.15, -0.1) is 0 Å². The van der Waals surface area contributed by atoms with Crippen molar-refractivity contribution in [2.24, 2.45) is 5.73 Å². The summed E-state index contributed by atoms with van der Waals surface area (Å²) < 4.78 is 11.5. The first kappa shape index (κ1) is 15.6. The largest absolute Gasteiger partial charge is 0.490 e. The van der Waals surface area contributed by atoms with E-state index in [1.54, 1.807) is 0 Å². The normalized spacial score (nSPS) is 15.5. The van der Waals surface area contributed by atoms with Gasteiger partial charge < -0.3 is 20.5 Å². The number of carbonyl (C=O) groups excluding carboxylic acids is 1. The Kier molecular flexibility index (Phi) is 5.44. The van der Waals surface area contributed by atoms with Gasteiger partial charge in [-0.2, -0.15) is 0 Å². The monoisotopic (exact) mass is 292 g/mol.